The molecule has 0 spiro atoms. The van der Waals surface area contributed by atoms with E-state index >= 15 is 0 Å². The van der Waals surface area contributed by atoms with Gasteiger partial charge in [0.05, 0.1) is 11.6 Å². The molecular formula is C19H25N3O4S. The van der Waals surface area contributed by atoms with Gasteiger partial charge in [-0.15, -0.1) is 11.3 Å². The largest absolute Gasteiger partial charge is 0.452 e. The van der Waals surface area contributed by atoms with Crippen molar-refractivity contribution in [2.24, 2.45) is 0 Å². The molecule has 0 bridgehead atoms. The van der Waals surface area contributed by atoms with Crippen LogP contribution in [0.25, 0.3) is 0 Å². The Kier molecular flexibility index (Phi) is 6.60. The van der Waals surface area contributed by atoms with E-state index < -0.39 is 24.0 Å². The Hall–Kier alpha value is -2.40. The lowest BCUT2D eigenvalue weighted by atomic mass is 9.81. The highest BCUT2D eigenvalue weighted by Gasteiger charge is 2.39. The number of nitriles is 1. The highest BCUT2D eigenvalue weighted by atomic mass is 32.1. The summed E-state index contributed by atoms with van der Waals surface area (Å²) in [6.07, 6.45) is 4.13. The second-order valence-corrected chi connectivity index (χ2v) is 8.13. The summed E-state index contributed by atoms with van der Waals surface area (Å²) in [6, 6.07) is 2.28. The predicted octanol–water partition coefficient (Wildman–Crippen LogP) is 3.17. The molecule has 1 aliphatic carbocycles. The van der Waals surface area contributed by atoms with Crippen molar-refractivity contribution < 1.29 is 19.1 Å². The highest BCUT2D eigenvalue weighted by molar-refractivity contribution is 7.16. The first-order chi connectivity index (χ1) is 12.7. The lowest BCUT2D eigenvalue weighted by molar-refractivity contribution is -0.138. The molecule has 1 fully saturated rings. The zero-order valence-corrected chi connectivity index (χ0v) is 17.0. The Labute approximate surface area is 163 Å². The maximum atomic E-state index is 12.5. The van der Waals surface area contributed by atoms with Gasteiger partial charge in [-0.1, -0.05) is 19.3 Å². The number of anilines is 1. The third-order valence-corrected chi connectivity index (χ3v) is 6.23. The van der Waals surface area contributed by atoms with Gasteiger partial charge in [-0.2, -0.15) is 5.26 Å². The van der Waals surface area contributed by atoms with Crippen LogP contribution in [0.5, 0.6) is 0 Å². The van der Waals surface area contributed by atoms with Gasteiger partial charge in [0.1, 0.15) is 10.5 Å². The number of likely N-dealkylation sites (N-methyl/N-ethyl adjacent to an activating group) is 1. The van der Waals surface area contributed by atoms with Gasteiger partial charge < -0.3 is 15.0 Å². The Bertz CT molecular complexity index is 788. The number of carbonyl (C=O) groups is 3. The smallest absolute Gasteiger partial charge is 0.341 e. The SMILES string of the molecule is CC(=O)Nc1sc(C)c(C)c1C(=O)OCC(=O)N(C)C1(C#N)CCCCC1. The van der Waals surface area contributed by atoms with Crippen LogP contribution in [0.3, 0.4) is 0 Å². The van der Waals surface area contributed by atoms with Crippen LogP contribution in [0, 0.1) is 25.2 Å². The summed E-state index contributed by atoms with van der Waals surface area (Å²) in [5.41, 5.74) is 0.170. The van der Waals surface area contributed by atoms with Crippen LogP contribution in [0.1, 0.15) is 59.8 Å². The number of hydrogen-bond acceptors (Lipinski definition) is 6. The number of thiophene rings is 1. The summed E-state index contributed by atoms with van der Waals surface area (Å²) in [5.74, 6) is -1.34. The molecule has 0 unspecified atom stereocenters. The topological polar surface area (TPSA) is 99.5 Å². The fourth-order valence-corrected chi connectivity index (χ4v) is 4.41. The summed E-state index contributed by atoms with van der Waals surface area (Å²) in [4.78, 5) is 38.7. The molecule has 8 heteroatoms. The molecule has 2 amide bonds. The van der Waals surface area contributed by atoms with Crippen LogP contribution < -0.4 is 5.32 Å². The summed E-state index contributed by atoms with van der Waals surface area (Å²) in [6.45, 7) is 4.55. The van der Waals surface area contributed by atoms with Crippen molar-refractivity contribution in [2.45, 2.75) is 58.4 Å². The number of hydrogen-bond donors (Lipinski definition) is 1. The molecule has 1 saturated carbocycles. The van der Waals surface area contributed by atoms with E-state index in [-0.39, 0.29) is 11.5 Å². The lowest BCUT2D eigenvalue weighted by Gasteiger charge is -2.38. The van der Waals surface area contributed by atoms with E-state index in [1.54, 1.807) is 14.0 Å². The van der Waals surface area contributed by atoms with E-state index in [0.29, 0.717) is 17.8 Å². The van der Waals surface area contributed by atoms with Gasteiger partial charge >= 0.3 is 5.97 Å². The van der Waals surface area contributed by atoms with Gasteiger partial charge in [-0.3, -0.25) is 9.59 Å². The Morgan fingerprint density at radius 2 is 1.89 bits per heavy atom. The minimum Gasteiger partial charge on any atom is -0.452 e. The Balaban J connectivity index is 2.08. The highest BCUT2D eigenvalue weighted by Crippen LogP contribution is 2.34. The van der Waals surface area contributed by atoms with Crippen molar-refractivity contribution in [1.29, 1.82) is 5.26 Å². The van der Waals surface area contributed by atoms with Crippen LogP contribution in [0.2, 0.25) is 0 Å². The van der Waals surface area contributed by atoms with Crippen molar-refractivity contribution in [3.8, 4) is 6.07 Å². The molecule has 7 nitrogen and oxygen atoms in total. The molecule has 2 rings (SSSR count). The Morgan fingerprint density at radius 3 is 2.44 bits per heavy atom. The summed E-state index contributed by atoms with van der Waals surface area (Å²) < 4.78 is 5.22. The third-order valence-electron chi connectivity index (χ3n) is 5.11. The quantitative estimate of drug-likeness (QED) is 0.777. The van der Waals surface area contributed by atoms with Crippen LogP contribution >= 0.6 is 11.3 Å². The molecule has 1 heterocycles. The second-order valence-electron chi connectivity index (χ2n) is 6.90. The minimum absolute atomic E-state index is 0.274. The number of carbonyl (C=O) groups excluding carboxylic acids is 3. The van der Waals surface area contributed by atoms with E-state index in [2.05, 4.69) is 11.4 Å². The van der Waals surface area contributed by atoms with Crippen LogP contribution in [0.15, 0.2) is 0 Å². The molecule has 27 heavy (non-hydrogen) atoms. The number of rotatable bonds is 5. The molecular weight excluding hydrogens is 366 g/mol. The van der Waals surface area contributed by atoms with Gasteiger partial charge in [0.2, 0.25) is 5.91 Å². The first-order valence-electron chi connectivity index (χ1n) is 8.94. The number of nitrogens with one attached hydrogen (secondary N) is 1. The van der Waals surface area contributed by atoms with Gasteiger partial charge in [0.15, 0.2) is 6.61 Å². The standard InChI is InChI=1S/C19H25N3O4S/c1-12-13(2)27-17(21-14(3)23)16(12)18(25)26-10-15(24)22(4)19(11-20)8-6-5-7-9-19/h5-10H2,1-4H3,(H,21,23). The zero-order chi connectivity index (χ0) is 20.2. The maximum Gasteiger partial charge on any atom is 0.341 e. The van der Waals surface area contributed by atoms with Crippen LogP contribution in [-0.4, -0.2) is 41.9 Å². The van der Waals surface area contributed by atoms with E-state index in [4.69, 9.17) is 4.74 Å². The molecule has 0 atom stereocenters. The molecule has 0 saturated heterocycles. The summed E-state index contributed by atoms with van der Waals surface area (Å²) in [5, 5.41) is 12.6. The number of ether oxygens (including phenoxy) is 1. The van der Waals surface area contributed by atoms with Gasteiger partial charge in [-0.25, -0.2) is 4.79 Å². The molecule has 0 aliphatic heterocycles. The third kappa shape index (κ3) is 4.48. The first-order valence-corrected chi connectivity index (χ1v) is 9.76. The lowest BCUT2D eigenvalue weighted by Crippen LogP contribution is -2.51. The molecule has 1 aromatic heterocycles. The monoisotopic (exact) mass is 391 g/mol. The molecule has 1 aliphatic rings. The van der Waals surface area contributed by atoms with Crippen LogP contribution in [0.4, 0.5) is 5.00 Å². The molecule has 0 aromatic carbocycles. The van der Waals surface area contributed by atoms with Gasteiger partial charge in [0.25, 0.3) is 5.91 Å². The maximum absolute atomic E-state index is 12.5. The molecule has 146 valence electrons. The number of esters is 1. The van der Waals surface area contributed by atoms with Crippen molar-refractivity contribution in [3.63, 3.8) is 0 Å². The number of amides is 2. The molecule has 1 aromatic rings. The summed E-state index contributed by atoms with van der Waals surface area (Å²) in [7, 11) is 1.59. The van der Waals surface area contributed by atoms with E-state index in [1.165, 1.54) is 23.2 Å². The van der Waals surface area contributed by atoms with Crippen LogP contribution in [-0.2, 0) is 14.3 Å². The fourth-order valence-electron chi connectivity index (χ4n) is 3.31. The van der Waals surface area contributed by atoms with Gasteiger partial charge in [-0.05, 0) is 32.3 Å². The normalized spacial score (nSPS) is 15.5. The van der Waals surface area contributed by atoms with Gasteiger partial charge in [0, 0.05) is 18.8 Å². The van der Waals surface area contributed by atoms with Crippen molar-refractivity contribution >= 4 is 34.1 Å². The average Bonchev–Trinajstić information content (AvgIpc) is 2.92. The number of nitrogens with zero attached hydrogens (tertiary/aromatic N) is 2. The van der Waals surface area contributed by atoms with E-state index in [0.717, 1.165) is 29.7 Å². The Morgan fingerprint density at radius 1 is 1.26 bits per heavy atom. The second kappa shape index (κ2) is 8.53. The van der Waals surface area contributed by atoms with E-state index in [1.807, 2.05) is 6.92 Å². The predicted molar refractivity (Wildman–Crippen MR) is 103 cm³/mol. The van der Waals surface area contributed by atoms with Crippen molar-refractivity contribution in [3.05, 3.63) is 16.0 Å². The summed E-state index contributed by atoms with van der Waals surface area (Å²) >= 11 is 1.29. The zero-order valence-electron chi connectivity index (χ0n) is 16.2. The molecule has 1 N–H and O–H groups in total. The first kappa shape index (κ1) is 20.9. The minimum atomic E-state index is -0.821. The molecule has 0 radical (unpaired) electrons. The number of aryl methyl sites for hydroxylation is 1. The fraction of sp³-hybridized carbons (Fsp3) is 0.579. The van der Waals surface area contributed by atoms with E-state index in [9.17, 15) is 19.6 Å². The van der Waals surface area contributed by atoms with Crippen molar-refractivity contribution in [2.75, 3.05) is 19.0 Å². The van der Waals surface area contributed by atoms with Crippen molar-refractivity contribution in [1.82, 2.24) is 4.90 Å². The average molecular weight is 391 g/mol.